The minimum absolute atomic E-state index is 0.463. The van der Waals surface area contributed by atoms with Crippen molar-refractivity contribution in [2.75, 3.05) is 13.1 Å². The molecule has 0 radical (unpaired) electrons. The van der Waals surface area contributed by atoms with Gasteiger partial charge in [0.1, 0.15) is 0 Å². The predicted molar refractivity (Wildman–Crippen MR) is 81.3 cm³/mol. The molecule has 2 fully saturated rings. The lowest BCUT2D eigenvalue weighted by Crippen LogP contribution is -2.39. The second-order valence-electron chi connectivity index (χ2n) is 5.97. The van der Waals surface area contributed by atoms with Crippen LogP contribution in [0.2, 0.25) is 0 Å². The van der Waals surface area contributed by atoms with Crippen molar-refractivity contribution >= 4 is 21.4 Å². The summed E-state index contributed by atoms with van der Waals surface area (Å²) in [6.45, 7) is 4.14. The highest BCUT2D eigenvalue weighted by Crippen LogP contribution is 2.29. The topological polar surface area (TPSA) is 49.4 Å². The monoisotopic (exact) mass is 314 g/mol. The molecule has 1 atom stereocenters. The molecule has 112 valence electrons. The number of thiophene rings is 1. The highest BCUT2D eigenvalue weighted by atomic mass is 32.2. The van der Waals surface area contributed by atoms with Gasteiger partial charge in [0, 0.05) is 30.6 Å². The van der Waals surface area contributed by atoms with Crippen LogP contribution in [0.15, 0.2) is 16.3 Å². The molecule has 0 spiro atoms. The second-order valence-corrected chi connectivity index (χ2v) is 8.88. The van der Waals surface area contributed by atoms with E-state index in [1.54, 1.807) is 21.7 Å². The number of hydrogen-bond acceptors (Lipinski definition) is 4. The normalized spacial score (nSPS) is 24.9. The number of nitrogens with zero attached hydrogens (tertiary/aromatic N) is 1. The van der Waals surface area contributed by atoms with Gasteiger partial charge < -0.3 is 5.32 Å². The molecule has 1 unspecified atom stereocenters. The van der Waals surface area contributed by atoms with Crippen molar-refractivity contribution in [2.45, 2.75) is 50.1 Å². The summed E-state index contributed by atoms with van der Waals surface area (Å²) < 4.78 is 27.2. The van der Waals surface area contributed by atoms with Gasteiger partial charge in [-0.1, -0.05) is 6.92 Å². The molecule has 0 aromatic carbocycles. The molecule has 1 aliphatic carbocycles. The van der Waals surface area contributed by atoms with Crippen molar-refractivity contribution in [3.05, 3.63) is 16.3 Å². The molecule has 1 aliphatic heterocycles. The lowest BCUT2D eigenvalue weighted by Gasteiger charge is -2.30. The third-order valence-corrected chi connectivity index (χ3v) is 7.07. The molecule has 1 saturated carbocycles. The Morgan fingerprint density at radius 1 is 1.40 bits per heavy atom. The molecule has 4 nitrogen and oxygen atoms in total. The summed E-state index contributed by atoms with van der Waals surface area (Å²) in [6, 6.07) is 2.37. The smallest absolute Gasteiger partial charge is 0.244 e. The Morgan fingerprint density at radius 2 is 2.20 bits per heavy atom. The first-order chi connectivity index (χ1) is 9.57. The molecular weight excluding hydrogens is 292 g/mol. The number of piperidine rings is 1. The van der Waals surface area contributed by atoms with Crippen molar-refractivity contribution in [1.29, 1.82) is 0 Å². The zero-order valence-corrected chi connectivity index (χ0v) is 13.5. The van der Waals surface area contributed by atoms with Gasteiger partial charge in [0.15, 0.2) is 0 Å². The van der Waals surface area contributed by atoms with Crippen LogP contribution in [0.5, 0.6) is 0 Å². The molecular formula is C14H22N2O2S2. The fourth-order valence-corrected chi connectivity index (χ4v) is 5.68. The fraction of sp³-hybridized carbons (Fsp3) is 0.714. The van der Waals surface area contributed by atoms with Crippen molar-refractivity contribution in [2.24, 2.45) is 5.92 Å². The van der Waals surface area contributed by atoms with Crippen LogP contribution in [0.4, 0.5) is 0 Å². The molecule has 6 heteroatoms. The van der Waals surface area contributed by atoms with Crippen molar-refractivity contribution in [3.63, 3.8) is 0 Å². The number of nitrogens with one attached hydrogen (secondary N) is 1. The van der Waals surface area contributed by atoms with Gasteiger partial charge in [0.2, 0.25) is 10.0 Å². The Hall–Kier alpha value is -0.430. The highest BCUT2D eigenvalue weighted by molar-refractivity contribution is 7.89. The van der Waals surface area contributed by atoms with E-state index in [-0.39, 0.29) is 0 Å². The van der Waals surface area contributed by atoms with Crippen LogP contribution < -0.4 is 5.32 Å². The molecule has 0 bridgehead atoms. The number of rotatable bonds is 5. The van der Waals surface area contributed by atoms with Gasteiger partial charge in [0.25, 0.3) is 0 Å². The van der Waals surface area contributed by atoms with Gasteiger partial charge in [-0.3, -0.25) is 0 Å². The molecule has 1 aromatic heterocycles. The van der Waals surface area contributed by atoms with Crippen LogP contribution in [0.25, 0.3) is 0 Å². The van der Waals surface area contributed by atoms with Gasteiger partial charge in [-0.05, 0) is 43.0 Å². The molecule has 2 aliphatic rings. The van der Waals surface area contributed by atoms with Gasteiger partial charge in [-0.15, -0.1) is 11.3 Å². The first kappa shape index (κ1) is 14.5. The average molecular weight is 314 g/mol. The number of hydrogen-bond donors (Lipinski definition) is 1. The standard InChI is InChI=1S/C14H22N2O2S2/c1-11-3-2-7-16(10-11)20(17,18)14-6-8-19-13(14)9-15-12-4-5-12/h6,8,11-12,15H,2-5,7,9-10H2,1H3. The maximum atomic E-state index is 12.8. The van der Waals surface area contributed by atoms with Crippen LogP contribution in [-0.4, -0.2) is 31.9 Å². The molecule has 2 heterocycles. The third kappa shape index (κ3) is 3.08. The highest BCUT2D eigenvalue weighted by Gasteiger charge is 2.31. The SMILES string of the molecule is CC1CCCN(S(=O)(=O)c2ccsc2CNC2CC2)C1. The van der Waals surface area contributed by atoms with Crippen LogP contribution in [0.3, 0.4) is 0 Å². The summed E-state index contributed by atoms with van der Waals surface area (Å²) in [5.74, 6) is 0.463. The first-order valence-corrected chi connectivity index (χ1v) is 9.69. The molecule has 1 saturated heterocycles. The van der Waals surface area contributed by atoms with E-state index in [4.69, 9.17) is 0 Å². The minimum atomic E-state index is -3.31. The number of sulfonamides is 1. The van der Waals surface area contributed by atoms with Gasteiger partial charge in [0.05, 0.1) is 4.90 Å². The second kappa shape index (κ2) is 5.75. The third-order valence-electron chi connectivity index (χ3n) is 4.07. The van der Waals surface area contributed by atoms with E-state index < -0.39 is 10.0 Å². The Bertz CT molecular complexity index is 563. The van der Waals surface area contributed by atoms with Crippen LogP contribution in [0.1, 0.15) is 37.5 Å². The molecule has 3 rings (SSSR count). The summed E-state index contributed by atoms with van der Waals surface area (Å²) in [4.78, 5) is 1.47. The molecule has 20 heavy (non-hydrogen) atoms. The van der Waals surface area contributed by atoms with Crippen molar-refractivity contribution in [3.8, 4) is 0 Å². The lowest BCUT2D eigenvalue weighted by atomic mass is 10.0. The maximum Gasteiger partial charge on any atom is 0.244 e. The van der Waals surface area contributed by atoms with Crippen LogP contribution in [-0.2, 0) is 16.6 Å². The van der Waals surface area contributed by atoms with E-state index in [0.29, 0.717) is 36.5 Å². The van der Waals surface area contributed by atoms with E-state index in [9.17, 15) is 8.42 Å². The summed E-state index contributed by atoms with van der Waals surface area (Å²) in [5, 5.41) is 5.30. The lowest BCUT2D eigenvalue weighted by molar-refractivity contribution is 0.281. The first-order valence-electron chi connectivity index (χ1n) is 7.37. The zero-order valence-electron chi connectivity index (χ0n) is 11.8. The van der Waals surface area contributed by atoms with E-state index in [2.05, 4.69) is 12.2 Å². The van der Waals surface area contributed by atoms with Gasteiger partial charge >= 0.3 is 0 Å². The minimum Gasteiger partial charge on any atom is -0.309 e. The summed E-state index contributed by atoms with van der Waals surface area (Å²) in [5.41, 5.74) is 0. The Labute approximate surface area is 125 Å². The predicted octanol–water partition coefficient (Wildman–Crippen LogP) is 2.42. The van der Waals surface area contributed by atoms with Crippen molar-refractivity contribution in [1.82, 2.24) is 9.62 Å². The zero-order chi connectivity index (χ0) is 14.2. The maximum absolute atomic E-state index is 12.8. The molecule has 1 aromatic rings. The van der Waals surface area contributed by atoms with Gasteiger partial charge in [-0.2, -0.15) is 4.31 Å². The molecule has 0 amide bonds. The average Bonchev–Trinajstić information content (AvgIpc) is 3.12. The van der Waals surface area contributed by atoms with Gasteiger partial charge in [-0.25, -0.2) is 8.42 Å². The Morgan fingerprint density at radius 3 is 2.90 bits per heavy atom. The summed E-state index contributed by atoms with van der Waals surface area (Å²) >= 11 is 1.54. The quantitative estimate of drug-likeness (QED) is 0.908. The fourth-order valence-electron chi connectivity index (χ4n) is 2.72. The van der Waals surface area contributed by atoms with E-state index in [1.165, 1.54) is 12.8 Å². The molecule has 1 N–H and O–H groups in total. The van der Waals surface area contributed by atoms with Crippen LogP contribution >= 0.6 is 11.3 Å². The van der Waals surface area contributed by atoms with E-state index >= 15 is 0 Å². The Kier molecular flexibility index (Phi) is 4.17. The van der Waals surface area contributed by atoms with Crippen molar-refractivity contribution < 1.29 is 8.42 Å². The Balaban J connectivity index is 1.77. The largest absolute Gasteiger partial charge is 0.309 e. The van der Waals surface area contributed by atoms with E-state index in [0.717, 1.165) is 17.7 Å². The van der Waals surface area contributed by atoms with E-state index in [1.807, 2.05) is 5.38 Å². The van der Waals surface area contributed by atoms with Crippen LogP contribution in [0, 0.1) is 5.92 Å². The summed E-state index contributed by atoms with van der Waals surface area (Å²) in [7, 11) is -3.31. The summed E-state index contributed by atoms with van der Waals surface area (Å²) in [6.07, 6.45) is 4.54.